The summed E-state index contributed by atoms with van der Waals surface area (Å²) in [6.45, 7) is 14.6. The van der Waals surface area contributed by atoms with E-state index >= 15 is 0 Å². The van der Waals surface area contributed by atoms with Gasteiger partial charge in [0.2, 0.25) is 6.29 Å². The van der Waals surface area contributed by atoms with Gasteiger partial charge in [-0.05, 0) is 46.2 Å². The van der Waals surface area contributed by atoms with Gasteiger partial charge in [0.1, 0.15) is 6.10 Å². The minimum absolute atomic E-state index is 0.260. The van der Waals surface area contributed by atoms with Crippen molar-refractivity contribution in [2.24, 2.45) is 5.16 Å². The van der Waals surface area contributed by atoms with E-state index in [1.54, 1.807) is 6.92 Å². The summed E-state index contributed by atoms with van der Waals surface area (Å²) in [4.78, 5) is 17.2. The van der Waals surface area contributed by atoms with Crippen molar-refractivity contribution in [1.82, 2.24) is 0 Å². The average molecular weight is 334 g/mol. The predicted molar refractivity (Wildman–Crippen MR) is 86.2 cm³/mol. The van der Waals surface area contributed by atoms with Crippen LogP contribution in [0.15, 0.2) is 5.16 Å². The molecule has 0 saturated heterocycles. The van der Waals surface area contributed by atoms with Crippen LogP contribution in [0.5, 0.6) is 0 Å². The van der Waals surface area contributed by atoms with Gasteiger partial charge in [0.05, 0.1) is 6.61 Å². The van der Waals surface area contributed by atoms with Gasteiger partial charge in [-0.1, -0.05) is 5.16 Å². The fourth-order valence-corrected chi connectivity index (χ4v) is 3.83. The molecule has 0 N–H and O–H groups in total. The highest BCUT2D eigenvalue weighted by atomic mass is 28.4. The molecule has 1 aliphatic heterocycles. The molecule has 8 heteroatoms. The lowest BCUT2D eigenvalue weighted by Gasteiger charge is -2.36. The molecule has 21 heavy (non-hydrogen) atoms. The maximum atomic E-state index is 11.8. The van der Waals surface area contributed by atoms with Crippen LogP contribution in [0.2, 0.25) is 39.3 Å². The van der Waals surface area contributed by atoms with E-state index in [0.717, 1.165) is 0 Å². The van der Waals surface area contributed by atoms with E-state index in [1.807, 2.05) is 0 Å². The van der Waals surface area contributed by atoms with Crippen LogP contribution >= 0.6 is 0 Å². The molecule has 1 rings (SSSR count). The molecule has 0 fully saturated rings. The van der Waals surface area contributed by atoms with Gasteiger partial charge < -0.3 is 18.4 Å². The summed E-state index contributed by atoms with van der Waals surface area (Å²) in [6, 6.07) is 0. The second kappa shape index (κ2) is 7.04. The Kier molecular flexibility index (Phi) is 6.15. The lowest BCUT2D eigenvalue weighted by molar-refractivity contribution is -0.155. The van der Waals surface area contributed by atoms with E-state index in [-0.39, 0.29) is 11.8 Å². The standard InChI is InChI=1S/C13H27NO5Si2/c1-8-16-12(15)10-9-11(18-20(2,3)4)13(17-14-10)19-21(5,6)7/h11,13H,8-9H2,1-7H3/t11-,13+/m0/s1. The fraction of sp³-hybridized carbons (Fsp3) is 0.846. The first-order valence-corrected chi connectivity index (χ1v) is 14.1. The van der Waals surface area contributed by atoms with Crippen LogP contribution in [0.1, 0.15) is 13.3 Å². The van der Waals surface area contributed by atoms with Gasteiger partial charge in [-0.3, -0.25) is 0 Å². The first-order valence-electron chi connectivity index (χ1n) is 7.27. The molecular formula is C13H27NO5Si2. The molecule has 122 valence electrons. The number of carbonyl (C=O) groups is 1. The topological polar surface area (TPSA) is 66.4 Å². The fourth-order valence-electron chi connectivity index (χ4n) is 1.84. The summed E-state index contributed by atoms with van der Waals surface area (Å²) in [6.07, 6.45) is -0.514. The number of ether oxygens (including phenoxy) is 1. The van der Waals surface area contributed by atoms with Crippen molar-refractivity contribution >= 4 is 28.3 Å². The summed E-state index contributed by atoms with van der Waals surface area (Å²) in [5, 5.41) is 3.87. The molecule has 1 aliphatic rings. The van der Waals surface area contributed by atoms with Crippen molar-refractivity contribution in [1.29, 1.82) is 0 Å². The van der Waals surface area contributed by atoms with Gasteiger partial charge in [-0.25, -0.2) is 4.79 Å². The van der Waals surface area contributed by atoms with Crippen molar-refractivity contribution in [3.05, 3.63) is 0 Å². The van der Waals surface area contributed by atoms with Crippen LogP contribution in [-0.4, -0.2) is 47.3 Å². The van der Waals surface area contributed by atoms with Gasteiger partial charge in [0, 0.05) is 6.42 Å². The lowest BCUT2D eigenvalue weighted by Crippen LogP contribution is -2.49. The quantitative estimate of drug-likeness (QED) is 0.552. The number of carbonyl (C=O) groups excluding carboxylic acids is 1. The second-order valence-electron chi connectivity index (χ2n) is 6.94. The number of oxime groups is 1. The Labute approximate surface area is 129 Å². The Balaban J connectivity index is 2.85. The first kappa shape index (κ1) is 18.3. The SMILES string of the molecule is CCOC(=O)C1=NO[C@H](O[Si](C)(C)C)[C@@H](O[Si](C)(C)C)C1. The first-order chi connectivity index (χ1) is 9.52. The van der Waals surface area contributed by atoms with Crippen molar-refractivity contribution in [2.75, 3.05) is 6.61 Å². The molecule has 6 nitrogen and oxygen atoms in total. The van der Waals surface area contributed by atoms with Crippen LogP contribution in [0.3, 0.4) is 0 Å². The summed E-state index contributed by atoms with van der Waals surface area (Å²) < 4.78 is 17.1. The number of nitrogens with zero attached hydrogens (tertiary/aromatic N) is 1. The third kappa shape index (κ3) is 6.72. The lowest BCUT2D eigenvalue weighted by atomic mass is 10.1. The van der Waals surface area contributed by atoms with Crippen LogP contribution in [-0.2, 0) is 23.2 Å². The normalized spacial score (nSPS) is 23.3. The Hall–Kier alpha value is -0.706. The maximum Gasteiger partial charge on any atom is 0.356 e. The zero-order chi connectivity index (χ0) is 16.3. The highest BCUT2D eigenvalue weighted by molar-refractivity contribution is 6.70. The average Bonchev–Trinajstić information content (AvgIpc) is 2.28. The molecule has 0 bridgehead atoms. The summed E-state index contributed by atoms with van der Waals surface area (Å²) in [7, 11) is -3.60. The van der Waals surface area contributed by atoms with Gasteiger partial charge in [0.25, 0.3) is 0 Å². The Bertz CT molecular complexity index is 400. The van der Waals surface area contributed by atoms with Crippen LogP contribution in [0.25, 0.3) is 0 Å². The van der Waals surface area contributed by atoms with Gasteiger partial charge >= 0.3 is 5.97 Å². The van der Waals surface area contributed by atoms with E-state index in [4.69, 9.17) is 18.4 Å². The minimum atomic E-state index is -1.80. The van der Waals surface area contributed by atoms with Crippen LogP contribution < -0.4 is 0 Å². The molecule has 0 aromatic rings. The monoisotopic (exact) mass is 333 g/mol. The highest BCUT2D eigenvalue weighted by Crippen LogP contribution is 2.24. The van der Waals surface area contributed by atoms with Crippen molar-refractivity contribution < 1.29 is 23.2 Å². The highest BCUT2D eigenvalue weighted by Gasteiger charge is 2.39. The minimum Gasteiger partial charge on any atom is -0.461 e. The molecule has 0 amide bonds. The molecule has 0 aliphatic carbocycles. The summed E-state index contributed by atoms with van der Waals surface area (Å²) >= 11 is 0. The Morgan fingerprint density at radius 3 is 2.24 bits per heavy atom. The molecule has 0 saturated carbocycles. The molecule has 0 aromatic heterocycles. The molecular weight excluding hydrogens is 306 g/mol. The van der Waals surface area contributed by atoms with E-state index < -0.39 is 28.9 Å². The van der Waals surface area contributed by atoms with Gasteiger partial charge in [-0.15, -0.1) is 0 Å². The zero-order valence-electron chi connectivity index (χ0n) is 14.1. The molecule has 0 spiro atoms. The smallest absolute Gasteiger partial charge is 0.356 e. The Morgan fingerprint density at radius 1 is 1.19 bits per heavy atom. The second-order valence-corrected chi connectivity index (χ2v) is 15.9. The molecule has 2 atom stereocenters. The summed E-state index contributed by atoms with van der Waals surface area (Å²) in [5.74, 6) is -0.451. The number of hydrogen-bond acceptors (Lipinski definition) is 6. The van der Waals surface area contributed by atoms with Crippen LogP contribution in [0.4, 0.5) is 0 Å². The van der Waals surface area contributed by atoms with E-state index in [9.17, 15) is 4.79 Å². The number of hydrogen-bond donors (Lipinski definition) is 0. The van der Waals surface area contributed by atoms with Gasteiger partial charge in [-0.2, -0.15) is 0 Å². The third-order valence-corrected chi connectivity index (χ3v) is 4.40. The zero-order valence-corrected chi connectivity index (χ0v) is 16.1. The number of rotatable bonds is 6. The third-order valence-electron chi connectivity index (χ3n) is 2.45. The van der Waals surface area contributed by atoms with Crippen molar-refractivity contribution in [3.8, 4) is 0 Å². The molecule has 0 aromatic carbocycles. The van der Waals surface area contributed by atoms with Crippen LogP contribution in [0, 0.1) is 0 Å². The van der Waals surface area contributed by atoms with Gasteiger partial charge in [0.15, 0.2) is 22.3 Å². The van der Waals surface area contributed by atoms with E-state index in [1.165, 1.54) is 0 Å². The molecule has 0 unspecified atom stereocenters. The largest absolute Gasteiger partial charge is 0.461 e. The predicted octanol–water partition coefficient (Wildman–Crippen LogP) is 2.72. The van der Waals surface area contributed by atoms with Crippen molar-refractivity contribution in [2.45, 2.75) is 65.0 Å². The van der Waals surface area contributed by atoms with E-state index in [0.29, 0.717) is 13.0 Å². The maximum absolute atomic E-state index is 11.8. The Morgan fingerprint density at radius 2 is 1.76 bits per heavy atom. The van der Waals surface area contributed by atoms with Crippen molar-refractivity contribution in [3.63, 3.8) is 0 Å². The molecule has 1 heterocycles. The van der Waals surface area contributed by atoms with E-state index in [2.05, 4.69) is 44.4 Å². The number of esters is 1. The summed E-state index contributed by atoms with van der Waals surface area (Å²) in [5.41, 5.74) is 0.260. The molecule has 0 radical (unpaired) electrons.